The Kier molecular flexibility index (Phi) is 5.51. The number of rotatable bonds is 4. The predicted octanol–water partition coefficient (Wildman–Crippen LogP) is 3.37. The van der Waals surface area contributed by atoms with Gasteiger partial charge in [0.15, 0.2) is 0 Å². The summed E-state index contributed by atoms with van der Waals surface area (Å²) in [5.74, 6) is -1.03. The lowest BCUT2D eigenvalue weighted by atomic mass is 9.98. The maximum absolute atomic E-state index is 13.0. The number of nitrogens with one attached hydrogen (secondary N) is 1. The van der Waals surface area contributed by atoms with E-state index in [-0.39, 0.29) is 16.7 Å². The van der Waals surface area contributed by atoms with Gasteiger partial charge in [0.25, 0.3) is 0 Å². The molecule has 1 aliphatic rings. The van der Waals surface area contributed by atoms with Gasteiger partial charge in [-0.25, -0.2) is 14.4 Å². The second kappa shape index (κ2) is 8.43. The molecule has 8 nitrogen and oxygen atoms in total. The molecule has 0 spiro atoms. The van der Waals surface area contributed by atoms with Crippen molar-refractivity contribution in [3.63, 3.8) is 0 Å². The van der Waals surface area contributed by atoms with Gasteiger partial charge in [0.05, 0.1) is 43.7 Å². The van der Waals surface area contributed by atoms with E-state index in [1.165, 1.54) is 20.3 Å². The molecule has 0 saturated heterocycles. The van der Waals surface area contributed by atoms with Gasteiger partial charge in [0.2, 0.25) is 0 Å². The smallest absolute Gasteiger partial charge is 0.346 e. The molecule has 2 aromatic carbocycles. The lowest BCUT2D eigenvalue weighted by molar-refractivity contribution is -0.137. The molecular weight excluding hydrogens is 414 g/mol. The van der Waals surface area contributed by atoms with Crippen LogP contribution in [0.5, 0.6) is 5.75 Å². The Morgan fingerprint density at radius 3 is 2.25 bits per heavy atom. The van der Waals surface area contributed by atoms with E-state index in [0.29, 0.717) is 33.7 Å². The van der Waals surface area contributed by atoms with E-state index in [9.17, 15) is 14.4 Å². The maximum atomic E-state index is 13.0. The molecular formula is C24H19NO7. The normalized spacial score (nSPS) is 12.9. The van der Waals surface area contributed by atoms with Gasteiger partial charge < -0.3 is 23.9 Å². The minimum atomic E-state index is -0.872. The monoisotopic (exact) mass is 433 g/mol. The highest BCUT2D eigenvalue weighted by Crippen LogP contribution is 2.38. The molecule has 0 unspecified atom stereocenters. The average molecular weight is 433 g/mol. The fourth-order valence-electron chi connectivity index (χ4n) is 3.54. The summed E-state index contributed by atoms with van der Waals surface area (Å²) in [7, 11) is 3.91. The number of methoxy groups -OCH3 is 3. The standard InChI is InChI=1S/C24H19NO7/c1-29-14-10-8-13(9-11-14)17-12-16(22(26)30-2)19(23(27)31-3)20-21(25-17)15-6-4-5-7-18(15)32-24(20)28/h4-12,25H,1-3H3. The predicted molar refractivity (Wildman–Crippen MR) is 118 cm³/mol. The van der Waals surface area contributed by atoms with Crippen molar-refractivity contribution in [3.05, 3.63) is 81.7 Å². The van der Waals surface area contributed by atoms with Crippen LogP contribution in [0.3, 0.4) is 0 Å². The number of esters is 2. The van der Waals surface area contributed by atoms with Crippen LogP contribution in [0.1, 0.15) is 11.1 Å². The van der Waals surface area contributed by atoms with E-state index in [0.717, 1.165) is 0 Å². The lowest BCUT2D eigenvalue weighted by Gasteiger charge is -2.15. The minimum Gasteiger partial charge on any atom is -0.497 e. The van der Waals surface area contributed by atoms with E-state index in [1.54, 1.807) is 55.6 Å². The van der Waals surface area contributed by atoms with E-state index in [2.05, 4.69) is 5.32 Å². The van der Waals surface area contributed by atoms with Gasteiger partial charge >= 0.3 is 17.6 Å². The third-order valence-corrected chi connectivity index (χ3v) is 5.08. The highest BCUT2D eigenvalue weighted by atomic mass is 16.5. The molecule has 32 heavy (non-hydrogen) atoms. The van der Waals surface area contributed by atoms with Crippen LogP contribution in [0.25, 0.3) is 22.2 Å². The van der Waals surface area contributed by atoms with Gasteiger partial charge in [0, 0.05) is 11.1 Å². The van der Waals surface area contributed by atoms with Crippen molar-refractivity contribution in [1.82, 2.24) is 0 Å². The second-order valence-corrected chi connectivity index (χ2v) is 6.82. The lowest BCUT2D eigenvalue weighted by Crippen LogP contribution is -2.18. The summed E-state index contributed by atoms with van der Waals surface area (Å²) in [6.45, 7) is 0. The van der Waals surface area contributed by atoms with Crippen LogP contribution in [0.4, 0.5) is 5.69 Å². The molecule has 2 heterocycles. The number of carbonyl (C=O) groups excluding carboxylic acids is 2. The fourth-order valence-corrected chi connectivity index (χ4v) is 3.54. The first kappa shape index (κ1) is 20.9. The molecule has 0 atom stereocenters. The molecule has 162 valence electrons. The fraction of sp³-hybridized carbons (Fsp3) is 0.125. The Morgan fingerprint density at radius 2 is 1.59 bits per heavy atom. The number of carbonyl (C=O) groups is 2. The zero-order chi connectivity index (χ0) is 22.8. The first-order valence-corrected chi connectivity index (χ1v) is 9.58. The molecule has 3 aromatic rings. The third-order valence-electron chi connectivity index (χ3n) is 5.08. The second-order valence-electron chi connectivity index (χ2n) is 6.82. The molecule has 8 heteroatoms. The van der Waals surface area contributed by atoms with E-state index in [4.69, 9.17) is 18.6 Å². The highest BCUT2D eigenvalue weighted by Gasteiger charge is 2.32. The van der Waals surface area contributed by atoms with Crippen molar-refractivity contribution in [2.45, 2.75) is 0 Å². The Hall–Kier alpha value is -4.33. The summed E-state index contributed by atoms with van der Waals surface area (Å²) < 4.78 is 20.5. The van der Waals surface area contributed by atoms with Crippen molar-refractivity contribution >= 4 is 39.9 Å². The van der Waals surface area contributed by atoms with E-state index >= 15 is 0 Å². The molecule has 0 fully saturated rings. The minimum absolute atomic E-state index is 0.115. The molecule has 0 radical (unpaired) electrons. The first-order chi connectivity index (χ1) is 15.5. The van der Waals surface area contributed by atoms with Crippen LogP contribution < -0.4 is 15.7 Å². The zero-order valence-electron chi connectivity index (χ0n) is 17.6. The first-order valence-electron chi connectivity index (χ1n) is 9.58. The number of hydrogen-bond acceptors (Lipinski definition) is 8. The summed E-state index contributed by atoms with van der Waals surface area (Å²) in [5.41, 5.74) is 0.490. The van der Waals surface area contributed by atoms with E-state index < -0.39 is 17.6 Å². The average Bonchev–Trinajstić information content (AvgIpc) is 3.01. The van der Waals surface area contributed by atoms with Gasteiger partial charge in [-0.15, -0.1) is 0 Å². The zero-order valence-corrected chi connectivity index (χ0v) is 17.6. The molecule has 0 aliphatic carbocycles. The summed E-state index contributed by atoms with van der Waals surface area (Å²) in [5, 5.41) is 3.77. The number of benzene rings is 2. The summed E-state index contributed by atoms with van der Waals surface area (Å²) in [4.78, 5) is 38.5. The molecule has 0 amide bonds. The maximum Gasteiger partial charge on any atom is 0.346 e. The third kappa shape index (κ3) is 3.51. The molecule has 1 aliphatic heterocycles. The Labute approximate surface area is 182 Å². The van der Waals surface area contributed by atoms with E-state index in [1.807, 2.05) is 0 Å². The highest BCUT2D eigenvalue weighted by molar-refractivity contribution is 6.27. The van der Waals surface area contributed by atoms with Crippen molar-refractivity contribution in [2.75, 3.05) is 26.6 Å². The molecule has 0 bridgehead atoms. The van der Waals surface area contributed by atoms with Crippen LogP contribution in [0, 0.1) is 0 Å². The van der Waals surface area contributed by atoms with Crippen LogP contribution in [-0.2, 0) is 19.1 Å². The summed E-state index contributed by atoms with van der Waals surface area (Å²) in [6, 6.07) is 14.0. The SMILES string of the molecule is COC(=O)C1=C(C(=O)OC)c2c(c3ccccc3oc2=O)NC(c2ccc(OC)cc2)=C1. The van der Waals surface area contributed by atoms with Gasteiger partial charge in [-0.1, -0.05) is 12.1 Å². The largest absolute Gasteiger partial charge is 0.497 e. The van der Waals surface area contributed by atoms with Crippen LogP contribution >= 0.6 is 0 Å². The quantitative estimate of drug-likeness (QED) is 0.493. The van der Waals surface area contributed by atoms with Gasteiger partial charge in [0.1, 0.15) is 11.3 Å². The molecule has 1 aromatic heterocycles. The number of para-hydroxylation sites is 1. The van der Waals surface area contributed by atoms with Crippen molar-refractivity contribution < 1.29 is 28.2 Å². The Bertz CT molecular complexity index is 1350. The molecule has 4 rings (SSSR count). The Balaban J connectivity index is 2.10. The number of hydrogen-bond donors (Lipinski definition) is 1. The van der Waals surface area contributed by atoms with Gasteiger partial charge in [-0.3, -0.25) is 0 Å². The number of ether oxygens (including phenoxy) is 3. The summed E-state index contributed by atoms with van der Waals surface area (Å²) in [6.07, 6.45) is 1.45. The van der Waals surface area contributed by atoms with Crippen molar-refractivity contribution in [1.29, 1.82) is 0 Å². The number of fused-ring (bicyclic) bond motifs is 3. The molecule has 0 saturated carbocycles. The van der Waals surface area contributed by atoms with Crippen LogP contribution in [0.2, 0.25) is 0 Å². The summed E-state index contributed by atoms with van der Waals surface area (Å²) >= 11 is 0. The van der Waals surface area contributed by atoms with Crippen LogP contribution in [0.15, 0.2) is 69.4 Å². The Morgan fingerprint density at radius 1 is 0.906 bits per heavy atom. The molecule has 1 N–H and O–H groups in total. The topological polar surface area (TPSA) is 104 Å². The number of anilines is 1. The van der Waals surface area contributed by atoms with Crippen LogP contribution in [-0.4, -0.2) is 33.3 Å². The van der Waals surface area contributed by atoms with Crippen molar-refractivity contribution in [3.8, 4) is 5.75 Å². The van der Waals surface area contributed by atoms with Crippen molar-refractivity contribution in [2.24, 2.45) is 0 Å². The van der Waals surface area contributed by atoms with Gasteiger partial charge in [-0.05, 0) is 48.0 Å². The van der Waals surface area contributed by atoms with Gasteiger partial charge in [-0.2, -0.15) is 0 Å².